The van der Waals surface area contributed by atoms with Crippen LogP contribution in [-0.4, -0.2) is 24.7 Å². The van der Waals surface area contributed by atoms with E-state index in [1.54, 1.807) is 11.3 Å². The summed E-state index contributed by atoms with van der Waals surface area (Å²) in [5.74, 6) is 0. The summed E-state index contributed by atoms with van der Waals surface area (Å²) in [5, 5.41) is 24.9. The van der Waals surface area contributed by atoms with Crippen LogP contribution in [0.25, 0.3) is 21.9 Å². The van der Waals surface area contributed by atoms with Crippen LogP contribution < -0.4 is 0 Å². The predicted molar refractivity (Wildman–Crippen MR) is 108 cm³/mol. The summed E-state index contributed by atoms with van der Waals surface area (Å²) in [7, 11) is 2.01. The number of rotatable bonds is 4. The van der Waals surface area contributed by atoms with Gasteiger partial charge in [-0.25, -0.2) is 4.68 Å². The Balaban J connectivity index is 1.72. The molecule has 0 aliphatic rings. The van der Waals surface area contributed by atoms with Gasteiger partial charge in [0.15, 0.2) is 0 Å². The number of nitrogens with zero attached hydrogens (tertiary/aromatic N) is 4. The van der Waals surface area contributed by atoms with Crippen LogP contribution in [0.1, 0.15) is 22.9 Å². The van der Waals surface area contributed by atoms with Crippen molar-refractivity contribution in [2.75, 3.05) is 0 Å². The normalized spacial score (nSPS) is 12.8. The molecule has 5 rings (SSSR count). The fourth-order valence-electron chi connectivity index (χ4n) is 3.78. The molecule has 0 fully saturated rings. The Morgan fingerprint density at radius 3 is 2.63 bits per heavy atom. The topological polar surface area (TPSA) is 55.9 Å². The SMILES string of the molecule is Cn1c(C(O)c2ccsc2)c(Cn2nnc3ccccc32)c2ccccc21. The first-order valence-corrected chi connectivity index (χ1v) is 9.73. The van der Waals surface area contributed by atoms with E-state index in [-0.39, 0.29) is 0 Å². The Labute approximate surface area is 160 Å². The van der Waals surface area contributed by atoms with Crippen LogP contribution in [0, 0.1) is 0 Å². The zero-order valence-corrected chi connectivity index (χ0v) is 15.6. The molecule has 0 amide bonds. The quantitative estimate of drug-likeness (QED) is 0.515. The standard InChI is InChI=1S/C21H18N4OS/c1-24-18-8-4-2-6-15(18)16(20(24)21(26)14-10-11-27-13-14)12-25-19-9-5-3-7-17(19)22-23-25/h2-11,13,21,26H,12H2,1H3. The Morgan fingerprint density at radius 1 is 1.04 bits per heavy atom. The number of hydrogen-bond donors (Lipinski definition) is 1. The van der Waals surface area contributed by atoms with Crippen LogP contribution in [0.15, 0.2) is 65.4 Å². The first-order valence-electron chi connectivity index (χ1n) is 8.78. The van der Waals surface area contributed by atoms with Crippen molar-refractivity contribution < 1.29 is 5.11 Å². The van der Waals surface area contributed by atoms with E-state index in [2.05, 4.69) is 27.0 Å². The van der Waals surface area contributed by atoms with Crippen molar-refractivity contribution in [1.29, 1.82) is 0 Å². The molecule has 3 aromatic heterocycles. The van der Waals surface area contributed by atoms with Gasteiger partial charge in [-0.2, -0.15) is 11.3 Å². The largest absolute Gasteiger partial charge is 0.382 e. The maximum Gasteiger partial charge on any atom is 0.120 e. The Hall–Kier alpha value is -2.96. The number of aromatic nitrogens is 4. The average Bonchev–Trinajstić information content (AvgIpc) is 3.42. The van der Waals surface area contributed by atoms with Gasteiger partial charge >= 0.3 is 0 Å². The second-order valence-electron chi connectivity index (χ2n) is 6.63. The molecule has 0 aliphatic carbocycles. The van der Waals surface area contributed by atoms with E-state index in [1.165, 1.54) is 0 Å². The molecule has 0 bridgehead atoms. The molecule has 27 heavy (non-hydrogen) atoms. The third-order valence-electron chi connectivity index (χ3n) is 5.11. The molecule has 5 aromatic rings. The number of hydrogen-bond acceptors (Lipinski definition) is 4. The smallest absolute Gasteiger partial charge is 0.120 e. The summed E-state index contributed by atoms with van der Waals surface area (Å²) in [6, 6.07) is 18.2. The van der Waals surface area contributed by atoms with Gasteiger partial charge in [0.1, 0.15) is 11.6 Å². The Kier molecular flexibility index (Phi) is 3.81. The molecule has 2 aromatic carbocycles. The van der Waals surface area contributed by atoms with Gasteiger partial charge in [-0.1, -0.05) is 35.5 Å². The zero-order valence-electron chi connectivity index (χ0n) is 14.8. The van der Waals surface area contributed by atoms with Gasteiger partial charge in [0, 0.05) is 23.5 Å². The molecule has 0 aliphatic heterocycles. The highest BCUT2D eigenvalue weighted by Gasteiger charge is 2.23. The Morgan fingerprint density at radius 2 is 1.81 bits per heavy atom. The average molecular weight is 374 g/mol. The molecule has 0 saturated carbocycles. The van der Waals surface area contributed by atoms with Crippen molar-refractivity contribution in [3.8, 4) is 0 Å². The third-order valence-corrected chi connectivity index (χ3v) is 5.81. The van der Waals surface area contributed by atoms with Crippen molar-refractivity contribution in [1.82, 2.24) is 19.6 Å². The molecule has 1 unspecified atom stereocenters. The van der Waals surface area contributed by atoms with Crippen molar-refractivity contribution in [3.05, 3.63) is 82.2 Å². The summed E-state index contributed by atoms with van der Waals surface area (Å²) >= 11 is 1.59. The molecule has 3 heterocycles. The van der Waals surface area contributed by atoms with Crippen LogP contribution in [0.3, 0.4) is 0 Å². The van der Waals surface area contributed by atoms with Gasteiger partial charge in [-0.3, -0.25) is 0 Å². The lowest BCUT2D eigenvalue weighted by atomic mass is 10.0. The summed E-state index contributed by atoms with van der Waals surface area (Å²) in [4.78, 5) is 0. The number of aliphatic hydroxyl groups is 1. The first kappa shape index (κ1) is 16.2. The molecule has 0 radical (unpaired) electrons. The number of aryl methyl sites for hydroxylation is 1. The predicted octanol–water partition coefficient (Wildman–Crippen LogP) is 4.11. The second-order valence-corrected chi connectivity index (χ2v) is 7.42. The monoisotopic (exact) mass is 374 g/mol. The lowest BCUT2D eigenvalue weighted by Crippen LogP contribution is -2.10. The minimum atomic E-state index is -0.682. The second kappa shape index (κ2) is 6.33. The van der Waals surface area contributed by atoms with Crippen LogP contribution in [0.5, 0.6) is 0 Å². The molecule has 6 heteroatoms. The fraction of sp³-hybridized carbons (Fsp3) is 0.143. The number of para-hydroxylation sites is 2. The lowest BCUT2D eigenvalue weighted by Gasteiger charge is -2.14. The van der Waals surface area contributed by atoms with E-state index in [0.717, 1.165) is 38.8 Å². The van der Waals surface area contributed by atoms with Crippen molar-refractivity contribution in [2.45, 2.75) is 12.6 Å². The van der Waals surface area contributed by atoms with Gasteiger partial charge in [0.25, 0.3) is 0 Å². The van der Waals surface area contributed by atoms with Crippen molar-refractivity contribution in [2.24, 2.45) is 7.05 Å². The van der Waals surface area contributed by atoms with Gasteiger partial charge in [0.2, 0.25) is 0 Å². The molecular weight excluding hydrogens is 356 g/mol. The molecule has 0 saturated heterocycles. The van der Waals surface area contributed by atoms with Crippen LogP contribution >= 0.6 is 11.3 Å². The highest BCUT2D eigenvalue weighted by Crippen LogP contribution is 2.34. The molecule has 0 spiro atoms. The van der Waals surface area contributed by atoms with E-state index in [9.17, 15) is 5.11 Å². The molecular formula is C21H18N4OS. The summed E-state index contributed by atoms with van der Waals surface area (Å²) in [6.07, 6.45) is -0.682. The van der Waals surface area contributed by atoms with E-state index in [0.29, 0.717) is 6.54 Å². The first-order chi connectivity index (χ1) is 13.2. The summed E-state index contributed by atoms with van der Waals surface area (Å²) in [5.41, 5.74) is 5.84. The maximum absolute atomic E-state index is 11.1. The summed E-state index contributed by atoms with van der Waals surface area (Å²) < 4.78 is 3.99. The minimum Gasteiger partial charge on any atom is -0.382 e. The van der Waals surface area contributed by atoms with Crippen LogP contribution in [0.4, 0.5) is 0 Å². The van der Waals surface area contributed by atoms with Crippen molar-refractivity contribution >= 4 is 33.3 Å². The van der Waals surface area contributed by atoms with Gasteiger partial charge in [-0.15, -0.1) is 5.10 Å². The molecule has 134 valence electrons. The zero-order chi connectivity index (χ0) is 18.4. The number of aliphatic hydroxyl groups excluding tert-OH is 1. The summed E-state index contributed by atoms with van der Waals surface area (Å²) in [6.45, 7) is 0.554. The van der Waals surface area contributed by atoms with Gasteiger partial charge < -0.3 is 9.67 Å². The molecule has 1 atom stereocenters. The lowest BCUT2D eigenvalue weighted by molar-refractivity contribution is 0.211. The van der Waals surface area contributed by atoms with E-state index in [4.69, 9.17) is 0 Å². The van der Waals surface area contributed by atoms with Gasteiger partial charge in [-0.05, 0) is 40.6 Å². The molecule has 5 nitrogen and oxygen atoms in total. The highest BCUT2D eigenvalue weighted by molar-refractivity contribution is 7.08. The minimum absolute atomic E-state index is 0.554. The Bertz CT molecular complexity index is 1240. The van der Waals surface area contributed by atoms with E-state index < -0.39 is 6.10 Å². The number of thiophene rings is 1. The van der Waals surface area contributed by atoms with Crippen LogP contribution in [0.2, 0.25) is 0 Å². The maximum atomic E-state index is 11.1. The van der Waals surface area contributed by atoms with E-state index in [1.807, 2.05) is 65.0 Å². The number of fused-ring (bicyclic) bond motifs is 2. The van der Waals surface area contributed by atoms with Gasteiger partial charge in [0.05, 0.1) is 17.8 Å². The number of benzene rings is 2. The van der Waals surface area contributed by atoms with Crippen LogP contribution in [-0.2, 0) is 13.6 Å². The van der Waals surface area contributed by atoms with Crippen molar-refractivity contribution in [3.63, 3.8) is 0 Å². The fourth-order valence-corrected chi connectivity index (χ4v) is 4.46. The third kappa shape index (κ3) is 2.57. The van der Waals surface area contributed by atoms with E-state index >= 15 is 0 Å². The highest BCUT2D eigenvalue weighted by atomic mass is 32.1. The molecule has 1 N–H and O–H groups in total.